The molecule has 2 aliphatic heterocycles. The van der Waals surface area contributed by atoms with E-state index in [2.05, 4.69) is 48.1 Å². The second kappa shape index (κ2) is 16.3. The van der Waals surface area contributed by atoms with Gasteiger partial charge in [-0.2, -0.15) is 9.61 Å². The van der Waals surface area contributed by atoms with Crippen molar-refractivity contribution >= 4 is 40.8 Å². The number of fused-ring (bicyclic) bond motifs is 1. The van der Waals surface area contributed by atoms with Crippen LogP contribution in [0.4, 0.5) is 32.6 Å². The van der Waals surface area contributed by atoms with Crippen LogP contribution in [0.1, 0.15) is 73.3 Å². The number of rotatable bonds is 10. The summed E-state index contributed by atoms with van der Waals surface area (Å²) in [6, 6.07) is 9.87. The van der Waals surface area contributed by atoms with Crippen molar-refractivity contribution in [1.29, 1.82) is 0 Å². The van der Waals surface area contributed by atoms with Crippen molar-refractivity contribution in [2.75, 3.05) is 81.9 Å². The Bertz CT molecular complexity index is 1660. The fourth-order valence-electron chi connectivity index (χ4n) is 6.41. The molecular weight excluding hydrogens is 664 g/mol. The number of likely N-dealkylation sites (N-methyl/N-ethyl adjacent to an activating group) is 1. The molecule has 2 atom stereocenters. The van der Waals surface area contributed by atoms with Gasteiger partial charge in [-0.05, 0) is 85.2 Å². The van der Waals surface area contributed by atoms with Crippen LogP contribution in [0.15, 0.2) is 36.5 Å². The number of amides is 2. The van der Waals surface area contributed by atoms with Crippen LogP contribution in [0.3, 0.4) is 0 Å². The molecule has 0 bridgehead atoms. The normalized spacial score (nSPS) is 18.9. The third kappa shape index (κ3) is 9.84. The molecule has 2 aliphatic rings. The van der Waals surface area contributed by atoms with E-state index >= 15 is 0 Å². The van der Waals surface area contributed by atoms with E-state index in [1.165, 1.54) is 0 Å². The first kappa shape index (κ1) is 39.1. The van der Waals surface area contributed by atoms with E-state index in [9.17, 15) is 9.59 Å². The van der Waals surface area contributed by atoms with Crippen LogP contribution < -0.4 is 15.1 Å². The Hall–Kier alpha value is -4.14. The second-order valence-electron chi connectivity index (χ2n) is 16.1. The van der Waals surface area contributed by atoms with Crippen LogP contribution in [0.5, 0.6) is 0 Å². The van der Waals surface area contributed by atoms with Gasteiger partial charge in [-0.15, -0.1) is 0 Å². The summed E-state index contributed by atoms with van der Waals surface area (Å²) in [7, 11) is 3.72. The van der Waals surface area contributed by atoms with Crippen molar-refractivity contribution in [3.05, 3.63) is 42.1 Å². The highest BCUT2D eigenvalue weighted by Crippen LogP contribution is 2.34. The summed E-state index contributed by atoms with van der Waals surface area (Å²) < 4.78 is 24.7. The van der Waals surface area contributed by atoms with Crippen LogP contribution in [-0.2, 0) is 18.9 Å². The van der Waals surface area contributed by atoms with Gasteiger partial charge >= 0.3 is 12.2 Å². The number of nitrogens with zero attached hydrogens (tertiary/aromatic N) is 7. The van der Waals surface area contributed by atoms with Gasteiger partial charge in [0.1, 0.15) is 29.6 Å². The summed E-state index contributed by atoms with van der Waals surface area (Å²) in [6.07, 6.45) is 1.31. The first-order valence-corrected chi connectivity index (χ1v) is 18.3. The maximum atomic E-state index is 14.1. The number of ether oxygens (including phenoxy) is 4. The zero-order chi connectivity index (χ0) is 37.8. The average molecular weight is 723 g/mol. The number of likely N-dealkylation sites (tertiary alicyclic amines) is 1. The van der Waals surface area contributed by atoms with Crippen LogP contribution in [0.25, 0.3) is 5.65 Å². The predicted molar refractivity (Wildman–Crippen MR) is 203 cm³/mol. The molecule has 52 heavy (non-hydrogen) atoms. The Morgan fingerprint density at radius 1 is 0.981 bits per heavy atom. The van der Waals surface area contributed by atoms with Crippen molar-refractivity contribution in [2.45, 2.75) is 85.0 Å². The summed E-state index contributed by atoms with van der Waals surface area (Å²) in [4.78, 5) is 40.0. The molecule has 0 aliphatic carbocycles. The minimum Gasteiger partial charge on any atom is -0.444 e. The van der Waals surface area contributed by atoms with E-state index in [1.807, 2.05) is 65.9 Å². The van der Waals surface area contributed by atoms with Gasteiger partial charge in [-0.3, -0.25) is 0 Å². The topological polar surface area (TPSA) is 126 Å². The summed E-state index contributed by atoms with van der Waals surface area (Å²) in [5.74, 6) is 1.24. The Morgan fingerprint density at radius 3 is 2.27 bits per heavy atom. The molecule has 3 aromatic rings. The third-order valence-electron chi connectivity index (χ3n) is 9.18. The maximum absolute atomic E-state index is 14.1. The van der Waals surface area contributed by atoms with Gasteiger partial charge < -0.3 is 39.0 Å². The number of carbonyl (C=O) groups excluding carboxylic acids is 2. The number of benzene rings is 1. The fraction of sp³-hybridized carbons (Fsp3) is 0.632. The lowest BCUT2D eigenvalue weighted by atomic mass is 9.93. The first-order valence-electron chi connectivity index (χ1n) is 18.3. The zero-order valence-corrected chi connectivity index (χ0v) is 32.6. The molecule has 2 fully saturated rings. The van der Waals surface area contributed by atoms with Crippen molar-refractivity contribution in [1.82, 2.24) is 24.4 Å². The number of methoxy groups -OCH3 is 1. The van der Waals surface area contributed by atoms with E-state index in [4.69, 9.17) is 29.0 Å². The molecule has 0 radical (unpaired) electrons. The maximum Gasteiger partial charge on any atom is 0.420 e. The van der Waals surface area contributed by atoms with Crippen molar-refractivity contribution in [3.63, 3.8) is 0 Å². The van der Waals surface area contributed by atoms with E-state index in [0.717, 1.165) is 37.4 Å². The number of carbonyl (C=O) groups is 2. The van der Waals surface area contributed by atoms with Crippen LogP contribution in [0.2, 0.25) is 0 Å². The number of piperidine rings is 1. The molecule has 1 N–H and O–H groups in total. The van der Waals surface area contributed by atoms with Gasteiger partial charge in [0.15, 0.2) is 5.65 Å². The number of piperazine rings is 1. The Labute approximate surface area is 308 Å². The Balaban J connectivity index is 1.47. The van der Waals surface area contributed by atoms with E-state index < -0.39 is 17.3 Å². The quantitative estimate of drug-likeness (QED) is 0.236. The van der Waals surface area contributed by atoms with Crippen molar-refractivity contribution in [3.8, 4) is 0 Å². The molecule has 0 unspecified atom stereocenters. The highest BCUT2D eigenvalue weighted by atomic mass is 16.7. The SMILES string of the molecule is COCO[C@H]1CN(C(=O)OC(C)(C)C)CC[C@@H]1CNc1cc(N(C(=O)OC(C)(C)C)c2ccc(N3CCN(C)CC3)cc2)n2ncc(C(C)C)c2n1. The lowest BCUT2D eigenvalue weighted by Gasteiger charge is -2.38. The molecule has 5 rings (SSSR count). The van der Waals surface area contributed by atoms with Crippen LogP contribution in [0, 0.1) is 5.92 Å². The van der Waals surface area contributed by atoms with Crippen molar-refractivity contribution < 1.29 is 28.5 Å². The minimum absolute atomic E-state index is 0.0360. The van der Waals surface area contributed by atoms with E-state index in [-0.39, 0.29) is 30.8 Å². The van der Waals surface area contributed by atoms with Gasteiger partial charge in [-0.25, -0.2) is 19.5 Å². The second-order valence-corrected chi connectivity index (χ2v) is 16.1. The van der Waals surface area contributed by atoms with Gasteiger partial charge in [0.2, 0.25) is 0 Å². The molecule has 2 amide bonds. The lowest BCUT2D eigenvalue weighted by Crippen LogP contribution is -2.50. The molecule has 0 saturated carbocycles. The number of nitrogens with one attached hydrogen (secondary N) is 1. The number of aromatic nitrogens is 3. The molecule has 4 heterocycles. The Kier molecular flexibility index (Phi) is 12.2. The summed E-state index contributed by atoms with van der Waals surface area (Å²) in [6.45, 7) is 20.7. The van der Waals surface area contributed by atoms with Gasteiger partial charge in [-0.1, -0.05) is 13.8 Å². The number of hydrogen-bond acceptors (Lipinski definition) is 11. The summed E-state index contributed by atoms with van der Waals surface area (Å²) in [5, 5.41) is 8.27. The zero-order valence-electron chi connectivity index (χ0n) is 32.6. The van der Waals surface area contributed by atoms with Crippen LogP contribution >= 0.6 is 0 Å². The van der Waals surface area contributed by atoms with E-state index in [1.54, 1.807) is 21.4 Å². The first-order chi connectivity index (χ1) is 24.5. The molecule has 2 aromatic heterocycles. The average Bonchev–Trinajstić information content (AvgIpc) is 3.50. The molecular formula is C38H58N8O6. The molecule has 0 spiro atoms. The Morgan fingerprint density at radius 2 is 1.65 bits per heavy atom. The number of anilines is 4. The highest BCUT2D eigenvalue weighted by molar-refractivity contribution is 5.96. The third-order valence-corrected chi connectivity index (χ3v) is 9.18. The van der Waals surface area contributed by atoms with Crippen LogP contribution in [-0.4, -0.2) is 121 Å². The monoisotopic (exact) mass is 722 g/mol. The van der Waals surface area contributed by atoms with Gasteiger partial charge in [0.05, 0.1) is 24.5 Å². The molecule has 14 nitrogen and oxygen atoms in total. The highest BCUT2D eigenvalue weighted by Gasteiger charge is 2.35. The number of hydrogen-bond donors (Lipinski definition) is 1. The van der Waals surface area contributed by atoms with Crippen molar-refractivity contribution in [2.24, 2.45) is 5.92 Å². The lowest BCUT2D eigenvalue weighted by molar-refractivity contribution is -0.111. The largest absolute Gasteiger partial charge is 0.444 e. The smallest absolute Gasteiger partial charge is 0.420 e. The van der Waals surface area contributed by atoms with E-state index in [0.29, 0.717) is 49.0 Å². The summed E-state index contributed by atoms with van der Waals surface area (Å²) in [5.41, 5.74) is 2.02. The molecule has 14 heteroatoms. The molecule has 286 valence electrons. The minimum atomic E-state index is -0.735. The predicted octanol–water partition coefficient (Wildman–Crippen LogP) is 6.34. The van der Waals surface area contributed by atoms with Gasteiger partial charge in [0.25, 0.3) is 0 Å². The standard InChI is InChI=1S/C38H58N8O6/c1-26(2)30-23-40-46-33(45(36(48)52-38(6,7)8)29-13-11-28(12-14-29)43-19-17-42(9)18-20-43)21-32(41-34(30)46)39-22-27-15-16-44(24-31(27)50-25-49-10)35(47)51-37(3,4)5/h11-14,21,23,26-27,31H,15-20,22,24-25H2,1-10H3,(H,39,41)/t27-,31+/m1/s1. The summed E-state index contributed by atoms with van der Waals surface area (Å²) >= 11 is 0. The molecule has 2 saturated heterocycles. The molecule has 1 aromatic carbocycles. The van der Waals surface area contributed by atoms with Gasteiger partial charge in [0, 0.05) is 69.6 Å². The fourth-order valence-corrected chi connectivity index (χ4v) is 6.41.